The highest BCUT2D eigenvalue weighted by Gasteiger charge is 2.33. The molecule has 1 aliphatic carbocycles. The van der Waals surface area contributed by atoms with Crippen LogP contribution in [-0.4, -0.2) is 23.4 Å². The summed E-state index contributed by atoms with van der Waals surface area (Å²) in [5, 5.41) is 13.6. The van der Waals surface area contributed by atoms with E-state index in [9.17, 15) is 19.7 Å². The molecule has 1 aromatic carbocycles. The van der Waals surface area contributed by atoms with E-state index in [1.165, 1.54) is 31.4 Å². The van der Waals surface area contributed by atoms with Crippen LogP contribution in [0.4, 0.5) is 5.69 Å². The van der Waals surface area contributed by atoms with Crippen molar-refractivity contribution in [2.75, 3.05) is 6.61 Å². The number of non-ortho nitro benzene ring substituents is 1. The molecule has 1 heterocycles. The minimum atomic E-state index is -0.474. The van der Waals surface area contributed by atoms with E-state index in [0.717, 1.165) is 12.8 Å². The number of carbonyl (C=O) groups excluding carboxylic acids is 2. The maximum Gasteiger partial charge on any atom is 0.336 e. The van der Waals surface area contributed by atoms with E-state index in [0.29, 0.717) is 29.4 Å². The fraction of sp³-hybridized carbons (Fsp3) is 0.500. The van der Waals surface area contributed by atoms with Crippen molar-refractivity contribution in [1.82, 2.24) is 5.32 Å². The zero-order valence-electron chi connectivity index (χ0n) is 15.4. The molecule has 1 saturated carbocycles. The van der Waals surface area contributed by atoms with E-state index < -0.39 is 16.8 Å². The third-order valence-corrected chi connectivity index (χ3v) is 5.37. The molecule has 1 fully saturated rings. The van der Waals surface area contributed by atoms with Crippen LogP contribution in [0, 0.1) is 16.0 Å². The second-order valence-electron chi connectivity index (χ2n) is 7.29. The third-order valence-electron chi connectivity index (χ3n) is 5.37. The van der Waals surface area contributed by atoms with Crippen LogP contribution in [0.3, 0.4) is 0 Å². The Morgan fingerprint density at radius 3 is 2.52 bits per heavy atom. The molecule has 144 valence electrons. The molecule has 0 radical (unpaired) electrons. The number of amides is 1. The Labute approximate surface area is 157 Å². The molecule has 7 nitrogen and oxygen atoms in total. The topological polar surface area (TPSA) is 98.5 Å². The Morgan fingerprint density at radius 2 is 1.89 bits per heavy atom. The number of nitro benzene ring substituents is 1. The summed E-state index contributed by atoms with van der Waals surface area (Å²) in [7, 11) is 0. The van der Waals surface area contributed by atoms with E-state index in [4.69, 9.17) is 4.74 Å². The molecule has 0 bridgehead atoms. The van der Waals surface area contributed by atoms with Crippen molar-refractivity contribution >= 4 is 17.6 Å². The summed E-state index contributed by atoms with van der Waals surface area (Å²) in [6.07, 6.45) is 5.85. The second kappa shape index (κ2) is 8.33. The van der Waals surface area contributed by atoms with E-state index >= 15 is 0 Å². The van der Waals surface area contributed by atoms with Gasteiger partial charge in [0.15, 0.2) is 0 Å². The quantitative estimate of drug-likeness (QED) is 0.484. The average molecular weight is 372 g/mol. The normalized spacial score (nSPS) is 20.9. The summed E-state index contributed by atoms with van der Waals surface area (Å²) < 4.78 is 5.58. The van der Waals surface area contributed by atoms with Gasteiger partial charge < -0.3 is 10.1 Å². The van der Waals surface area contributed by atoms with Gasteiger partial charge in [0.2, 0.25) is 5.91 Å². The van der Waals surface area contributed by atoms with Crippen LogP contribution in [0.15, 0.2) is 35.5 Å². The fourth-order valence-electron chi connectivity index (χ4n) is 3.91. The first-order valence-corrected chi connectivity index (χ1v) is 9.38. The molecule has 0 aromatic heterocycles. The number of nitro groups is 1. The molecular formula is C20H24N2O5. The average Bonchev–Trinajstić information content (AvgIpc) is 2.66. The number of rotatable bonds is 5. The lowest BCUT2D eigenvalue weighted by molar-refractivity contribution is -0.384. The Bertz CT molecular complexity index is 763. The number of nitrogens with one attached hydrogen (secondary N) is 1. The Hall–Kier alpha value is -2.70. The molecule has 1 atom stereocenters. The first kappa shape index (κ1) is 19.1. The number of nitrogens with zero attached hydrogens (tertiary/aromatic N) is 1. The zero-order chi connectivity index (χ0) is 19.4. The number of esters is 1. The van der Waals surface area contributed by atoms with Gasteiger partial charge in [0.05, 0.1) is 17.1 Å². The van der Waals surface area contributed by atoms with Gasteiger partial charge in [-0.2, -0.15) is 0 Å². The lowest BCUT2D eigenvalue weighted by atomic mass is 9.84. The number of ether oxygens (including phenoxy) is 1. The van der Waals surface area contributed by atoms with E-state index in [2.05, 4.69) is 5.32 Å². The number of benzene rings is 1. The van der Waals surface area contributed by atoms with Gasteiger partial charge in [-0.3, -0.25) is 14.9 Å². The Morgan fingerprint density at radius 1 is 1.22 bits per heavy atom. The minimum absolute atomic E-state index is 0.0267. The third kappa shape index (κ3) is 4.53. The first-order chi connectivity index (χ1) is 13.0. The van der Waals surface area contributed by atoms with Crippen LogP contribution in [0.5, 0.6) is 0 Å². The summed E-state index contributed by atoms with van der Waals surface area (Å²) in [5.74, 6) is -0.654. The molecule has 0 unspecified atom stereocenters. The summed E-state index contributed by atoms with van der Waals surface area (Å²) in [6, 6.07) is 5.98. The molecule has 1 amide bonds. The number of hydrogen-bond acceptors (Lipinski definition) is 5. The van der Waals surface area contributed by atoms with Crippen LogP contribution >= 0.6 is 0 Å². The van der Waals surface area contributed by atoms with Gasteiger partial charge in [0.25, 0.3) is 5.69 Å². The molecule has 3 rings (SSSR count). The van der Waals surface area contributed by atoms with Gasteiger partial charge in [-0.15, -0.1) is 0 Å². The standard InChI is InChI=1S/C20H24N2O5/c1-13-19(20(24)27-12-14-5-3-2-4-6-14)17(11-18(23)21-13)15-7-9-16(10-8-15)22(25)26/h7-10,14,17H,2-6,11-12H2,1H3,(H,21,23)/t17-/m1/s1. The van der Waals surface area contributed by atoms with Crippen molar-refractivity contribution in [3.05, 3.63) is 51.2 Å². The minimum Gasteiger partial charge on any atom is -0.462 e. The number of allylic oxidation sites excluding steroid dienone is 1. The van der Waals surface area contributed by atoms with E-state index in [-0.39, 0.29) is 18.0 Å². The Kier molecular flexibility index (Phi) is 5.88. The van der Waals surface area contributed by atoms with E-state index in [1.807, 2.05) is 0 Å². The van der Waals surface area contributed by atoms with Crippen LogP contribution < -0.4 is 5.32 Å². The van der Waals surface area contributed by atoms with Crippen LogP contribution in [-0.2, 0) is 14.3 Å². The molecule has 0 saturated heterocycles. The summed E-state index contributed by atoms with van der Waals surface area (Å²) in [6.45, 7) is 2.09. The SMILES string of the molecule is CC1=C(C(=O)OCC2CCCCC2)[C@@H](c2ccc([N+](=O)[O-])cc2)CC(=O)N1. The van der Waals surface area contributed by atoms with Gasteiger partial charge in [0, 0.05) is 30.2 Å². The maximum atomic E-state index is 12.8. The maximum absolute atomic E-state index is 12.8. The van der Waals surface area contributed by atoms with Gasteiger partial charge in [-0.05, 0) is 31.2 Å². The van der Waals surface area contributed by atoms with Crippen molar-refractivity contribution in [2.45, 2.75) is 51.4 Å². The zero-order valence-corrected chi connectivity index (χ0v) is 15.4. The molecular weight excluding hydrogens is 348 g/mol. The first-order valence-electron chi connectivity index (χ1n) is 9.38. The highest BCUT2D eigenvalue weighted by molar-refractivity contribution is 5.95. The summed E-state index contributed by atoms with van der Waals surface area (Å²) in [5.41, 5.74) is 1.59. The summed E-state index contributed by atoms with van der Waals surface area (Å²) >= 11 is 0. The second-order valence-corrected chi connectivity index (χ2v) is 7.29. The van der Waals surface area contributed by atoms with E-state index in [1.54, 1.807) is 19.1 Å². The monoisotopic (exact) mass is 372 g/mol. The molecule has 1 aliphatic heterocycles. The van der Waals surface area contributed by atoms with Crippen molar-refractivity contribution in [3.8, 4) is 0 Å². The summed E-state index contributed by atoms with van der Waals surface area (Å²) in [4.78, 5) is 35.2. The molecule has 2 aliphatic rings. The van der Waals surface area contributed by atoms with Gasteiger partial charge in [-0.1, -0.05) is 31.4 Å². The molecule has 1 N–H and O–H groups in total. The van der Waals surface area contributed by atoms with Crippen molar-refractivity contribution in [2.24, 2.45) is 5.92 Å². The van der Waals surface area contributed by atoms with Gasteiger partial charge in [0.1, 0.15) is 0 Å². The predicted molar refractivity (Wildman–Crippen MR) is 98.8 cm³/mol. The number of carbonyl (C=O) groups is 2. The highest BCUT2D eigenvalue weighted by atomic mass is 16.6. The van der Waals surface area contributed by atoms with Crippen molar-refractivity contribution in [1.29, 1.82) is 0 Å². The molecule has 1 aromatic rings. The van der Waals surface area contributed by atoms with Crippen molar-refractivity contribution in [3.63, 3.8) is 0 Å². The predicted octanol–water partition coefficient (Wildman–Crippen LogP) is 3.60. The largest absolute Gasteiger partial charge is 0.462 e. The molecule has 7 heteroatoms. The number of hydrogen-bond donors (Lipinski definition) is 1. The fourth-order valence-corrected chi connectivity index (χ4v) is 3.91. The van der Waals surface area contributed by atoms with Crippen molar-refractivity contribution < 1.29 is 19.2 Å². The highest BCUT2D eigenvalue weighted by Crippen LogP contribution is 2.34. The van der Waals surface area contributed by atoms with Crippen LogP contribution in [0.25, 0.3) is 0 Å². The molecule has 27 heavy (non-hydrogen) atoms. The smallest absolute Gasteiger partial charge is 0.336 e. The lowest BCUT2D eigenvalue weighted by Gasteiger charge is -2.27. The van der Waals surface area contributed by atoms with Gasteiger partial charge in [-0.25, -0.2) is 4.79 Å². The molecule has 0 spiro atoms. The Balaban J connectivity index is 1.78. The van der Waals surface area contributed by atoms with Gasteiger partial charge >= 0.3 is 5.97 Å². The van der Waals surface area contributed by atoms with Crippen LogP contribution in [0.2, 0.25) is 0 Å². The van der Waals surface area contributed by atoms with Crippen LogP contribution in [0.1, 0.15) is 56.9 Å². The lowest BCUT2D eigenvalue weighted by Crippen LogP contribution is -2.34.